The number of hydrogen-bond acceptors (Lipinski definition) is 4. The Morgan fingerprint density at radius 1 is 1.42 bits per heavy atom. The molecule has 2 N–H and O–H groups in total. The number of aromatic nitrogens is 2. The highest BCUT2D eigenvalue weighted by molar-refractivity contribution is 6.06. The minimum atomic E-state index is -0.157. The highest BCUT2D eigenvalue weighted by atomic mass is 16.5. The summed E-state index contributed by atoms with van der Waals surface area (Å²) in [5, 5.41) is 7.53. The number of amides is 1. The van der Waals surface area contributed by atoms with Gasteiger partial charge in [0, 0.05) is 28.2 Å². The van der Waals surface area contributed by atoms with Crippen LogP contribution in [0.4, 0.5) is 5.69 Å². The smallest absolute Gasteiger partial charge is 0.255 e. The molecule has 6 nitrogen and oxygen atoms in total. The number of fused-ring (bicyclic) bond motifs is 3. The summed E-state index contributed by atoms with van der Waals surface area (Å²) in [6.45, 7) is 0. The molecule has 0 fully saturated rings. The molecule has 1 amide bonds. The van der Waals surface area contributed by atoms with Crippen molar-refractivity contribution < 1.29 is 9.32 Å². The number of likely N-dealkylation sites (N-methyl/N-ethyl adjacent to an activating group) is 1. The summed E-state index contributed by atoms with van der Waals surface area (Å²) in [6.07, 6.45) is 6.12. The Bertz CT molecular complexity index is 880. The number of carbonyl (C=O) groups excluding carboxylic acids is 1. The van der Waals surface area contributed by atoms with E-state index in [0.717, 1.165) is 30.2 Å². The van der Waals surface area contributed by atoms with Crippen molar-refractivity contribution in [2.75, 3.05) is 19.4 Å². The molecule has 1 unspecified atom stereocenters. The topological polar surface area (TPSA) is 74.2 Å². The summed E-state index contributed by atoms with van der Waals surface area (Å²) in [4.78, 5) is 18.2. The van der Waals surface area contributed by atoms with Gasteiger partial charge in [-0.15, -0.1) is 0 Å². The molecule has 0 saturated carbocycles. The van der Waals surface area contributed by atoms with Crippen molar-refractivity contribution in [2.24, 2.45) is 0 Å². The van der Waals surface area contributed by atoms with Crippen molar-refractivity contribution in [3.05, 3.63) is 47.5 Å². The zero-order valence-corrected chi connectivity index (χ0v) is 13.8. The van der Waals surface area contributed by atoms with Gasteiger partial charge in [-0.3, -0.25) is 4.79 Å². The zero-order chi connectivity index (χ0) is 16.7. The number of anilines is 1. The second-order valence-electron chi connectivity index (χ2n) is 6.57. The van der Waals surface area contributed by atoms with Crippen LogP contribution in [0.15, 0.2) is 35.2 Å². The van der Waals surface area contributed by atoms with Gasteiger partial charge in [0.1, 0.15) is 12.0 Å². The Labute approximate surface area is 139 Å². The standard InChI is InChI=1S/C18H20N4O2/c1-22(2)13-4-6-17-15(8-13)14-7-11(3-5-16(14)21-17)18(23)20-12-9-19-24-10-12/h3,5,7,9-10,13,21H,4,6,8H2,1-2H3,(H,20,23). The van der Waals surface area contributed by atoms with E-state index >= 15 is 0 Å². The number of H-pyrrole nitrogens is 1. The van der Waals surface area contributed by atoms with Crippen LogP contribution < -0.4 is 5.32 Å². The zero-order valence-electron chi connectivity index (χ0n) is 13.8. The van der Waals surface area contributed by atoms with Gasteiger partial charge in [-0.05, 0) is 57.1 Å². The predicted molar refractivity (Wildman–Crippen MR) is 92.3 cm³/mol. The van der Waals surface area contributed by atoms with Gasteiger partial charge in [0.2, 0.25) is 0 Å². The van der Waals surface area contributed by atoms with Crippen LogP contribution in [0, 0.1) is 0 Å². The van der Waals surface area contributed by atoms with Gasteiger partial charge in [0.25, 0.3) is 5.91 Å². The summed E-state index contributed by atoms with van der Waals surface area (Å²) in [7, 11) is 4.25. The van der Waals surface area contributed by atoms with E-state index in [0.29, 0.717) is 17.3 Å². The Balaban J connectivity index is 1.67. The van der Waals surface area contributed by atoms with Crippen LogP contribution in [0.3, 0.4) is 0 Å². The Morgan fingerprint density at radius 3 is 3.04 bits per heavy atom. The first-order chi connectivity index (χ1) is 11.6. The number of aromatic amines is 1. The molecule has 0 radical (unpaired) electrons. The third-order valence-corrected chi connectivity index (χ3v) is 4.84. The lowest BCUT2D eigenvalue weighted by Crippen LogP contribution is -2.33. The molecular weight excluding hydrogens is 304 g/mol. The fourth-order valence-electron chi connectivity index (χ4n) is 3.45. The van der Waals surface area contributed by atoms with Crippen LogP contribution in [-0.2, 0) is 12.8 Å². The lowest BCUT2D eigenvalue weighted by molar-refractivity contribution is 0.102. The summed E-state index contributed by atoms with van der Waals surface area (Å²) in [5.41, 5.74) is 4.94. The van der Waals surface area contributed by atoms with E-state index in [9.17, 15) is 4.79 Å². The molecule has 4 rings (SSSR count). The molecule has 2 heterocycles. The van der Waals surface area contributed by atoms with Crippen molar-refractivity contribution >= 4 is 22.5 Å². The highest BCUT2D eigenvalue weighted by Crippen LogP contribution is 2.31. The maximum atomic E-state index is 12.4. The average Bonchev–Trinajstić information content (AvgIpc) is 3.20. The van der Waals surface area contributed by atoms with E-state index in [-0.39, 0.29) is 5.91 Å². The van der Waals surface area contributed by atoms with Gasteiger partial charge in [-0.2, -0.15) is 0 Å². The maximum Gasteiger partial charge on any atom is 0.255 e. The van der Waals surface area contributed by atoms with E-state index in [1.165, 1.54) is 23.7 Å². The van der Waals surface area contributed by atoms with Crippen molar-refractivity contribution in [3.8, 4) is 0 Å². The lowest BCUT2D eigenvalue weighted by Gasteiger charge is -2.28. The number of carbonyl (C=O) groups is 1. The summed E-state index contributed by atoms with van der Waals surface area (Å²) in [5.74, 6) is -0.157. The molecule has 0 bridgehead atoms. The Hall–Kier alpha value is -2.60. The molecule has 2 aromatic heterocycles. The molecule has 0 spiro atoms. The monoisotopic (exact) mass is 324 g/mol. The molecule has 24 heavy (non-hydrogen) atoms. The molecule has 1 aliphatic carbocycles. The molecule has 124 valence electrons. The van der Waals surface area contributed by atoms with Crippen molar-refractivity contribution in [2.45, 2.75) is 25.3 Å². The van der Waals surface area contributed by atoms with Gasteiger partial charge < -0.3 is 19.7 Å². The first-order valence-corrected chi connectivity index (χ1v) is 8.12. The number of hydrogen-bond donors (Lipinski definition) is 2. The quantitative estimate of drug-likeness (QED) is 0.777. The van der Waals surface area contributed by atoms with Crippen LogP contribution in [0.25, 0.3) is 10.9 Å². The SMILES string of the molecule is CN(C)C1CCc2[nH]c3ccc(C(=O)Nc4cnoc4)cc3c2C1. The second kappa shape index (κ2) is 5.79. The van der Waals surface area contributed by atoms with E-state index in [4.69, 9.17) is 4.52 Å². The minimum Gasteiger partial charge on any atom is -0.363 e. The third kappa shape index (κ3) is 2.59. The molecule has 0 saturated heterocycles. The fourth-order valence-corrected chi connectivity index (χ4v) is 3.45. The van der Waals surface area contributed by atoms with E-state index in [1.807, 2.05) is 18.2 Å². The van der Waals surface area contributed by atoms with Gasteiger partial charge in [0.05, 0.1) is 6.20 Å². The fraction of sp³-hybridized carbons (Fsp3) is 0.333. The predicted octanol–water partition coefficient (Wildman–Crippen LogP) is 2.83. The van der Waals surface area contributed by atoms with Gasteiger partial charge in [0.15, 0.2) is 0 Å². The molecule has 0 aliphatic heterocycles. The van der Waals surface area contributed by atoms with Crippen LogP contribution >= 0.6 is 0 Å². The molecule has 1 atom stereocenters. The van der Waals surface area contributed by atoms with E-state index < -0.39 is 0 Å². The molecule has 1 aromatic carbocycles. The Kier molecular flexibility index (Phi) is 3.61. The van der Waals surface area contributed by atoms with Crippen molar-refractivity contribution in [1.29, 1.82) is 0 Å². The second-order valence-corrected chi connectivity index (χ2v) is 6.57. The highest BCUT2D eigenvalue weighted by Gasteiger charge is 2.24. The van der Waals surface area contributed by atoms with E-state index in [2.05, 4.69) is 34.5 Å². The maximum absolute atomic E-state index is 12.4. The number of rotatable bonds is 3. The van der Waals surface area contributed by atoms with Gasteiger partial charge in [-0.1, -0.05) is 5.16 Å². The first kappa shape index (κ1) is 15.0. The number of nitrogens with one attached hydrogen (secondary N) is 2. The third-order valence-electron chi connectivity index (χ3n) is 4.84. The molecular formula is C18H20N4O2. The van der Waals surface area contributed by atoms with E-state index in [1.54, 1.807) is 0 Å². The summed E-state index contributed by atoms with van der Waals surface area (Å²) < 4.78 is 4.74. The van der Waals surface area contributed by atoms with Gasteiger partial charge in [-0.25, -0.2) is 0 Å². The number of nitrogens with zero attached hydrogens (tertiary/aromatic N) is 2. The minimum absolute atomic E-state index is 0.157. The molecule has 6 heteroatoms. The van der Waals surface area contributed by atoms with Crippen LogP contribution in [0.1, 0.15) is 28.0 Å². The lowest BCUT2D eigenvalue weighted by atomic mass is 9.90. The van der Waals surface area contributed by atoms with Crippen LogP contribution in [-0.4, -0.2) is 41.1 Å². The van der Waals surface area contributed by atoms with Crippen molar-refractivity contribution in [3.63, 3.8) is 0 Å². The summed E-state index contributed by atoms with van der Waals surface area (Å²) >= 11 is 0. The first-order valence-electron chi connectivity index (χ1n) is 8.12. The molecule has 1 aliphatic rings. The van der Waals surface area contributed by atoms with Crippen LogP contribution in [0.2, 0.25) is 0 Å². The summed E-state index contributed by atoms with van der Waals surface area (Å²) in [6, 6.07) is 6.36. The molecule has 3 aromatic rings. The Morgan fingerprint density at radius 2 is 2.29 bits per heavy atom. The number of aryl methyl sites for hydroxylation is 1. The van der Waals surface area contributed by atoms with Crippen LogP contribution in [0.5, 0.6) is 0 Å². The average molecular weight is 324 g/mol. The largest absolute Gasteiger partial charge is 0.363 e. The number of benzene rings is 1. The normalized spacial score (nSPS) is 17.2. The van der Waals surface area contributed by atoms with Gasteiger partial charge >= 0.3 is 0 Å². The van der Waals surface area contributed by atoms with Crippen molar-refractivity contribution in [1.82, 2.24) is 15.0 Å².